The second kappa shape index (κ2) is 5.13. The number of carboxylic acids is 1. The van der Waals surface area contributed by atoms with Crippen LogP contribution in [-0.4, -0.2) is 40.5 Å². The lowest BCUT2D eigenvalue weighted by molar-refractivity contribution is -0.124. The first-order valence-corrected chi connectivity index (χ1v) is 6.23. The number of nitrogens with zero attached hydrogens (tertiary/aromatic N) is 1. The molecule has 0 aliphatic carbocycles. The van der Waals surface area contributed by atoms with Crippen LogP contribution in [0.3, 0.4) is 0 Å². The van der Waals surface area contributed by atoms with Gasteiger partial charge in [-0.05, 0) is 12.8 Å². The second-order valence-electron chi connectivity index (χ2n) is 3.80. The third kappa shape index (κ3) is 2.65. The topological polar surface area (TPSA) is 108 Å². The largest absolute Gasteiger partial charge is 0.476 e. The van der Waals surface area contributed by atoms with Crippen molar-refractivity contribution in [2.45, 2.75) is 18.9 Å². The molecule has 3 N–H and O–H groups in total. The lowest BCUT2D eigenvalue weighted by Crippen LogP contribution is -2.50. The molecule has 1 unspecified atom stereocenters. The van der Waals surface area contributed by atoms with E-state index < -0.39 is 17.9 Å². The molecule has 18 heavy (non-hydrogen) atoms. The molecule has 1 atom stereocenters. The predicted octanol–water partition coefficient (Wildman–Crippen LogP) is -0.150. The molecule has 96 valence electrons. The molecular formula is C10H11N3O4S. The van der Waals surface area contributed by atoms with Gasteiger partial charge in [0, 0.05) is 11.9 Å². The minimum atomic E-state index is -1.18. The first-order valence-electron chi connectivity index (χ1n) is 5.35. The predicted molar refractivity (Wildman–Crippen MR) is 62.6 cm³/mol. The number of nitrogens with one attached hydrogen (secondary N) is 2. The second-order valence-corrected chi connectivity index (χ2v) is 4.66. The number of carbonyl (C=O) groups excluding carboxylic acids is 2. The molecule has 1 fully saturated rings. The maximum atomic E-state index is 11.8. The highest BCUT2D eigenvalue weighted by Gasteiger charge is 2.25. The Labute approximate surface area is 106 Å². The molecule has 1 aliphatic heterocycles. The summed E-state index contributed by atoms with van der Waals surface area (Å²) in [6.07, 6.45) is 1.38. The van der Waals surface area contributed by atoms with Crippen molar-refractivity contribution in [1.82, 2.24) is 15.6 Å². The molecule has 2 amide bonds. The molecule has 1 aliphatic rings. The first kappa shape index (κ1) is 12.5. The van der Waals surface area contributed by atoms with Gasteiger partial charge in [0.2, 0.25) is 5.91 Å². The zero-order chi connectivity index (χ0) is 13.1. The van der Waals surface area contributed by atoms with Crippen LogP contribution in [0.15, 0.2) is 5.38 Å². The number of carboxylic acid groups (broad SMARTS) is 1. The number of hydrogen-bond acceptors (Lipinski definition) is 5. The fourth-order valence-electron chi connectivity index (χ4n) is 1.61. The van der Waals surface area contributed by atoms with Crippen molar-refractivity contribution in [2.24, 2.45) is 0 Å². The van der Waals surface area contributed by atoms with E-state index in [1.165, 1.54) is 5.38 Å². The van der Waals surface area contributed by atoms with Crippen molar-refractivity contribution in [2.75, 3.05) is 6.54 Å². The standard InChI is InChI=1S/C10H11N3O4S/c14-7-5(2-1-3-11-7)12-8(15)9-13-6(4-18-9)10(16)17/h4-5H,1-3H2,(H,11,14)(H,12,15)(H,16,17). The fraction of sp³-hybridized carbons (Fsp3) is 0.400. The number of hydrogen-bond donors (Lipinski definition) is 3. The van der Waals surface area contributed by atoms with Crippen molar-refractivity contribution >= 4 is 29.1 Å². The number of aromatic carboxylic acids is 1. The number of piperidine rings is 1. The summed E-state index contributed by atoms with van der Waals surface area (Å²) in [4.78, 5) is 37.5. The van der Waals surface area contributed by atoms with Crippen LogP contribution >= 0.6 is 11.3 Å². The highest BCUT2D eigenvalue weighted by molar-refractivity contribution is 7.11. The normalized spacial score (nSPS) is 19.1. The van der Waals surface area contributed by atoms with Gasteiger partial charge in [-0.1, -0.05) is 0 Å². The fourth-order valence-corrected chi connectivity index (χ4v) is 2.30. The van der Waals surface area contributed by atoms with Crippen LogP contribution in [0.1, 0.15) is 33.1 Å². The van der Waals surface area contributed by atoms with Crippen LogP contribution in [0, 0.1) is 0 Å². The number of aromatic nitrogens is 1. The minimum absolute atomic E-state index is 0.0470. The average Bonchev–Trinajstić information content (AvgIpc) is 2.81. The Balaban J connectivity index is 2.02. The van der Waals surface area contributed by atoms with E-state index in [9.17, 15) is 14.4 Å². The SMILES string of the molecule is O=C(O)c1csc(C(=O)NC2CCCNC2=O)n1. The van der Waals surface area contributed by atoms with Crippen LogP contribution in [-0.2, 0) is 4.79 Å². The van der Waals surface area contributed by atoms with Gasteiger partial charge in [0.05, 0.1) is 0 Å². The van der Waals surface area contributed by atoms with Gasteiger partial charge < -0.3 is 15.7 Å². The van der Waals surface area contributed by atoms with Gasteiger partial charge >= 0.3 is 5.97 Å². The van der Waals surface area contributed by atoms with Gasteiger partial charge in [-0.15, -0.1) is 11.3 Å². The lowest BCUT2D eigenvalue weighted by atomic mass is 10.1. The first-order chi connectivity index (χ1) is 8.58. The van der Waals surface area contributed by atoms with Crippen LogP contribution in [0.5, 0.6) is 0 Å². The minimum Gasteiger partial charge on any atom is -0.476 e. The van der Waals surface area contributed by atoms with E-state index >= 15 is 0 Å². The van der Waals surface area contributed by atoms with Crippen molar-refractivity contribution in [1.29, 1.82) is 0 Å². The van der Waals surface area contributed by atoms with Gasteiger partial charge in [0.15, 0.2) is 10.7 Å². The Hall–Kier alpha value is -1.96. The van der Waals surface area contributed by atoms with Crippen LogP contribution in [0.25, 0.3) is 0 Å². The number of amides is 2. The van der Waals surface area contributed by atoms with Gasteiger partial charge in [-0.25, -0.2) is 9.78 Å². The van der Waals surface area contributed by atoms with Crippen molar-refractivity contribution in [3.63, 3.8) is 0 Å². The van der Waals surface area contributed by atoms with E-state index in [2.05, 4.69) is 15.6 Å². The molecule has 1 saturated heterocycles. The summed E-state index contributed by atoms with van der Waals surface area (Å²) < 4.78 is 0. The lowest BCUT2D eigenvalue weighted by Gasteiger charge is -2.22. The summed E-state index contributed by atoms with van der Waals surface area (Å²) in [6, 6.07) is -0.566. The van der Waals surface area contributed by atoms with Crippen molar-refractivity contribution in [3.05, 3.63) is 16.1 Å². The van der Waals surface area contributed by atoms with E-state index in [0.717, 1.165) is 17.8 Å². The van der Waals surface area contributed by atoms with E-state index in [4.69, 9.17) is 5.11 Å². The maximum absolute atomic E-state index is 11.8. The third-order valence-electron chi connectivity index (χ3n) is 2.51. The molecule has 0 aromatic carbocycles. The molecular weight excluding hydrogens is 258 g/mol. The highest BCUT2D eigenvalue weighted by atomic mass is 32.1. The summed E-state index contributed by atoms with van der Waals surface area (Å²) in [5.41, 5.74) is -0.168. The third-order valence-corrected chi connectivity index (χ3v) is 3.35. The quantitative estimate of drug-likeness (QED) is 0.707. The van der Waals surface area contributed by atoms with E-state index in [1.54, 1.807) is 0 Å². The van der Waals surface area contributed by atoms with E-state index in [-0.39, 0.29) is 16.6 Å². The average molecular weight is 269 g/mol. The van der Waals surface area contributed by atoms with Crippen molar-refractivity contribution in [3.8, 4) is 0 Å². The molecule has 0 bridgehead atoms. The van der Waals surface area contributed by atoms with E-state index in [0.29, 0.717) is 13.0 Å². The van der Waals surface area contributed by atoms with E-state index in [1.807, 2.05) is 0 Å². The molecule has 7 nitrogen and oxygen atoms in total. The van der Waals surface area contributed by atoms with Crippen LogP contribution < -0.4 is 10.6 Å². The molecule has 2 heterocycles. The Morgan fingerprint density at radius 1 is 1.56 bits per heavy atom. The highest BCUT2D eigenvalue weighted by Crippen LogP contribution is 2.11. The Morgan fingerprint density at radius 3 is 2.94 bits per heavy atom. The molecule has 8 heteroatoms. The Morgan fingerprint density at radius 2 is 2.33 bits per heavy atom. The number of carbonyl (C=O) groups is 3. The molecule has 0 spiro atoms. The summed E-state index contributed by atoms with van der Waals surface area (Å²) in [7, 11) is 0. The zero-order valence-electron chi connectivity index (χ0n) is 9.30. The number of rotatable bonds is 3. The molecule has 2 rings (SSSR count). The van der Waals surface area contributed by atoms with Crippen LogP contribution in [0.4, 0.5) is 0 Å². The van der Waals surface area contributed by atoms with Gasteiger partial charge in [0.25, 0.3) is 5.91 Å². The smallest absolute Gasteiger partial charge is 0.355 e. The maximum Gasteiger partial charge on any atom is 0.355 e. The van der Waals surface area contributed by atoms with Gasteiger partial charge in [-0.3, -0.25) is 9.59 Å². The van der Waals surface area contributed by atoms with Crippen molar-refractivity contribution < 1.29 is 19.5 Å². The number of thiazole rings is 1. The van der Waals surface area contributed by atoms with Crippen LogP contribution in [0.2, 0.25) is 0 Å². The van der Waals surface area contributed by atoms with Gasteiger partial charge in [-0.2, -0.15) is 0 Å². The molecule has 0 radical (unpaired) electrons. The molecule has 0 saturated carbocycles. The summed E-state index contributed by atoms with van der Waals surface area (Å²) in [5, 5.41) is 15.2. The summed E-state index contributed by atoms with van der Waals surface area (Å²) >= 11 is 0.940. The Bertz CT molecular complexity index is 499. The molecule has 1 aromatic rings. The monoisotopic (exact) mass is 269 g/mol. The Kier molecular flexibility index (Phi) is 3.56. The summed E-state index contributed by atoms with van der Waals surface area (Å²) in [5.74, 6) is -1.92. The summed E-state index contributed by atoms with van der Waals surface area (Å²) in [6.45, 7) is 0.617. The molecule has 1 aromatic heterocycles. The zero-order valence-corrected chi connectivity index (χ0v) is 10.1. The van der Waals surface area contributed by atoms with Gasteiger partial charge in [0.1, 0.15) is 6.04 Å².